The molecule has 1 heterocycles. The van der Waals surface area contributed by atoms with Crippen molar-refractivity contribution in [2.75, 3.05) is 11.9 Å². The van der Waals surface area contributed by atoms with Gasteiger partial charge in [-0.2, -0.15) is 5.10 Å². The van der Waals surface area contributed by atoms with E-state index in [0.29, 0.717) is 12.1 Å². The first-order valence-electron chi connectivity index (χ1n) is 5.67. The monoisotopic (exact) mass is 254 g/mol. The molecule has 1 rings (SSSR count). The number of amides is 1. The van der Waals surface area contributed by atoms with Crippen molar-refractivity contribution in [3.63, 3.8) is 0 Å². The molecule has 0 radical (unpaired) electrons. The molecule has 0 saturated carbocycles. The van der Waals surface area contributed by atoms with Crippen LogP contribution in [-0.2, 0) is 16.1 Å². The highest BCUT2D eigenvalue weighted by Gasteiger charge is 2.29. The summed E-state index contributed by atoms with van der Waals surface area (Å²) in [4.78, 5) is 22.5. The van der Waals surface area contributed by atoms with Crippen molar-refractivity contribution in [3.8, 4) is 0 Å². The maximum Gasteiger partial charge on any atom is 0.325 e. The fourth-order valence-electron chi connectivity index (χ4n) is 1.33. The Morgan fingerprint density at radius 2 is 2.28 bits per heavy atom. The number of nitrogens with one attached hydrogen (secondary N) is 1. The molecule has 0 fully saturated rings. The van der Waals surface area contributed by atoms with E-state index in [4.69, 9.17) is 10.8 Å². The molecule has 7 nitrogen and oxygen atoms in total. The van der Waals surface area contributed by atoms with E-state index < -0.39 is 11.4 Å². The number of hydrogen-bond donors (Lipinski definition) is 3. The molecule has 18 heavy (non-hydrogen) atoms. The second-order valence-electron chi connectivity index (χ2n) is 4.39. The number of aliphatic carboxylic acids is 1. The van der Waals surface area contributed by atoms with Crippen LogP contribution in [0.5, 0.6) is 0 Å². The molecule has 0 bridgehead atoms. The van der Waals surface area contributed by atoms with E-state index in [-0.39, 0.29) is 19.0 Å². The van der Waals surface area contributed by atoms with Crippen molar-refractivity contribution in [1.29, 1.82) is 0 Å². The van der Waals surface area contributed by atoms with Crippen LogP contribution in [0.2, 0.25) is 0 Å². The van der Waals surface area contributed by atoms with Gasteiger partial charge in [-0.25, -0.2) is 0 Å². The predicted molar refractivity (Wildman–Crippen MR) is 65.9 cm³/mol. The maximum absolute atomic E-state index is 12.0. The van der Waals surface area contributed by atoms with Crippen LogP contribution >= 0.6 is 0 Å². The molecule has 0 spiro atoms. The Bertz CT molecular complexity index is 437. The number of carboxylic acid groups (broad SMARTS) is 1. The zero-order chi connectivity index (χ0) is 13.8. The van der Waals surface area contributed by atoms with Gasteiger partial charge in [0.05, 0.1) is 17.3 Å². The number of nitrogens with two attached hydrogens (primary N) is 1. The van der Waals surface area contributed by atoms with Crippen LogP contribution in [0, 0.1) is 5.41 Å². The number of rotatable bonds is 6. The van der Waals surface area contributed by atoms with Gasteiger partial charge in [0.1, 0.15) is 6.54 Å². The van der Waals surface area contributed by atoms with Crippen LogP contribution < -0.4 is 11.1 Å². The summed E-state index contributed by atoms with van der Waals surface area (Å²) in [6.45, 7) is 3.68. The largest absolute Gasteiger partial charge is 0.480 e. The second-order valence-corrected chi connectivity index (χ2v) is 4.39. The van der Waals surface area contributed by atoms with Crippen LogP contribution in [0.25, 0.3) is 0 Å². The first-order valence-corrected chi connectivity index (χ1v) is 5.67. The van der Waals surface area contributed by atoms with Crippen molar-refractivity contribution in [3.05, 3.63) is 12.4 Å². The van der Waals surface area contributed by atoms with Gasteiger partial charge in [0.15, 0.2) is 0 Å². The summed E-state index contributed by atoms with van der Waals surface area (Å²) in [7, 11) is 0. The summed E-state index contributed by atoms with van der Waals surface area (Å²) in [5.41, 5.74) is 5.42. The molecule has 1 aromatic rings. The highest BCUT2D eigenvalue weighted by Crippen LogP contribution is 2.21. The molecule has 0 aliphatic carbocycles. The number of nitrogens with zero attached hydrogens (tertiary/aromatic N) is 2. The van der Waals surface area contributed by atoms with Crippen LogP contribution in [0.1, 0.15) is 20.3 Å². The first-order chi connectivity index (χ1) is 8.41. The highest BCUT2D eigenvalue weighted by molar-refractivity contribution is 5.95. The molecule has 0 aliphatic heterocycles. The minimum atomic E-state index is -0.990. The second kappa shape index (κ2) is 5.63. The molecule has 0 aromatic carbocycles. The lowest BCUT2D eigenvalue weighted by molar-refractivity contribution is -0.137. The van der Waals surface area contributed by atoms with Crippen LogP contribution in [-0.4, -0.2) is 33.3 Å². The molecule has 0 saturated heterocycles. The Morgan fingerprint density at radius 3 is 2.78 bits per heavy atom. The Morgan fingerprint density at radius 1 is 1.61 bits per heavy atom. The van der Waals surface area contributed by atoms with E-state index in [1.54, 1.807) is 6.92 Å². The lowest BCUT2D eigenvalue weighted by Gasteiger charge is -2.24. The van der Waals surface area contributed by atoms with E-state index in [0.717, 1.165) is 0 Å². The number of carbonyl (C=O) groups is 2. The van der Waals surface area contributed by atoms with Gasteiger partial charge in [-0.1, -0.05) is 6.92 Å². The van der Waals surface area contributed by atoms with Crippen molar-refractivity contribution in [2.24, 2.45) is 11.1 Å². The summed E-state index contributed by atoms with van der Waals surface area (Å²) in [5.74, 6) is -1.18. The van der Waals surface area contributed by atoms with E-state index in [2.05, 4.69) is 10.4 Å². The highest BCUT2D eigenvalue weighted by atomic mass is 16.4. The Kier molecular flexibility index (Phi) is 4.43. The van der Waals surface area contributed by atoms with Gasteiger partial charge in [-0.05, 0) is 13.3 Å². The number of carbonyl (C=O) groups excluding carboxylic acids is 1. The number of carboxylic acids is 1. The minimum absolute atomic E-state index is 0.192. The summed E-state index contributed by atoms with van der Waals surface area (Å²) in [6.07, 6.45) is 3.50. The minimum Gasteiger partial charge on any atom is -0.480 e. The lowest BCUT2D eigenvalue weighted by Crippen LogP contribution is -2.39. The van der Waals surface area contributed by atoms with Crippen LogP contribution in [0.3, 0.4) is 0 Å². The zero-order valence-corrected chi connectivity index (χ0v) is 10.5. The van der Waals surface area contributed by atoms with Crippen molar-refractivity contribution >= 4 is 17.6 Å². The third-order valence-electron chi connectivity index (χ3n) is 2.97. The third-order valence-corrected chi connectivity index (χ3v) is 2.97. The smallest absolute Gasteiger partial charge is 0.325 e. The SMILES string of the molecule is CCC(C)(CN)C(=O)Nc1cnn(CC(=O)O)c1. The lowest BCUT2D eigenvalue weighted by atomic mass is 9.86. The molecule has 100 valence electrons. The van der Waals surface area contributed by atoms with Crippen LogP contribution in [0.4, 0.5) is 5.69 Å². The normalized spacial score (nSPS) is 13.9. The number of hydrogen-bond acceptors (Lipinski definition) is 4. The van der Waals surface area contributed by atoms with E-state index in [1.165, 1.54) is 17.1 Å². The van der Waals surface area contributed by atoms with Gasteiger partial charge < -0.3 is 16.2 Å². The molecule has 7 heteroatoms. The molecular weight excluding hydrogens is 236 g/mol. The molecule has 1 unspecified atom stereocenters. The van der Waals surface area contributed by atoms with E-state index in [1.807, 2.05) is 6.92 Å². The van der Waals surface area contributed by atoms with Crippen molar-refractivity contribution in [1.82, 2.24) is 9.78 Å². The van der Waals surface area contributed by atoms with Gasteiger partial charge in [0, 0.05) is 12.7 Å². The van der Waals surface area contributed by atoms with Gasteiger partial charge in [0.25, 0.3) is 0 Å². The Balaban J connectivity index is 2.70. The average Bonchev–Trinajstić information content (AvgIpc) is 2.74. The number of aromatic nitrogens is 2. The summed E-state index contributed by atoms with van der Waals surface area (Å²) >= 11 is 0. The first kappa shape index (κ1) is 14.2. The van der Waals surface area contributed by atoms with E-state index in [9.17, 15) is 9.59 Å². The summed E-state index contributed by atoms with van der Waals surface area (Å²) < 4.78 is 1.24. The topological polar surface area (TPSA) is 110 Å². The van der Waals surface area contributed by atoms with E-state index >= 15 is 0 Å². The van der Waals surface area contributed by atoms with Gasteiger partial charge in [0.2, 0.25) is 5.91 Å². The molecular formula is C11H18N4O3. The van der Waals surface area contributed by atoms with Gasteiger partial charge in [-0.3, -0.25) is 14.3 Å². The van der Waals surface area contributed by atoms with Crippen LogP contribution in [0.15, 0.2) is 12.4 Å². The number of anilines is 1. The van der Waals surface area contributed by atoms with Crippen molar-refractivity contribution in [2.45, 2.75) is 26.8 Å². The zero-order valence-electron chi connectivity index (χ0n) is 10.5. The Labute approximate surface area is 105 Å². The average molecular weight is 254 g/mol. The molecule has 1 aromatic heterocycles. The fourth-order valence-corrected chi connectivity index (χ4v) is 1.33. The third kappa shape index (κ3) is 3.30. The summed E-state index contributed by atoms with van der Waals surface area (Å²) in [6, 6.07) is 0. The standard InChI is InChI=1S/C11H18N4O3/c1-3-11(2,7-12)10(18)14-8-4-13-15(5-8)6-9(16)17/h4-5H,3,6-7,12H2,1-2H3,(H,14,18)(H,16,17). The molecule has 0 aliphatic rings. The molecule has 4 N–H and O–H groups in total. The predicted octanol–water partition coefficient (Wildman–Crippen LogP) is 0.281. The maximum atomic E-state index is 12.0. The molecule has 1 amide bonds. The molecule has 1 atom stereocenters. The fraction of sp³-hybridized carbons (Fsp3) is 0.545. The Hall–Kier alpha value is -1.89. The van der Waals surface area contributed by atoms with Crippen molar-refractivity contribution < 1.29 is 14.7 Å². The summed E-state index contributed by atoms with van der Waals surface area (Å²) in [5, 5.41) is 15.1. The van der Waals surface area contributed by atoms with Gasteiger partial charge >= 0.3 is 5.97 Å². The van der Waals surface area contributed by atoms with Gasteiger partial charge in [-0.15, -0.1) is 0 Å². The quantitative estimate of drug-likeness (QED) is 0.675.